The van der Waals surface area contributed by atoms with Gasteiger partial charge in [0.2, 0.25) is 0 Å². The molecule has 1 aromatic rings. The highest BCUT2D eigenvalue weighted by molar-refractivity contribution is 9.10. The number of hydrogen-bond acceptors (Lipinski definition) is 3. The third kappa shape index (κ3) is 1.10. The molecule has 1 aliphatic rings. The summed E-state index contributed by atoms with van der Waals surface area (Å²) in [5, 5.41) is 0. The number of esters is 2. The Kier molecular flexibility index (Phi) is 1.96. The second-order valence-electron chi connectivity index (χ2n) is 3.23. The molecule has 0 amide bonds. The van der Waals surface area contributed by atoms with Crippen molar-refractivity contribution in [2.75, 3.05) is 0 Å². The number of carbonyl (C=O) groups is 2. The largest absolute Gasteiger partial charge is 0.386 e. The van der Waals surface area contributed by atoms with Crippen molar-refractivity contribution in [2.45, 2.75) is 13.8 Å². The van der Waals surface area contributed by atoms with Crippen LogP contribution in [0.5, 0.6) is 0 Å². The highest BCUT2D eigenvalue weighted by atomic mass is 79.9. The van der Waals surface area contributed by atoms with Crippen LogP contribution in [-0.2, 0) is 4.74 Å². The van der Waals surface area contributed by atoms with Crippen LogP contribution < -0.4 is 0 Å². The summed E-state index contributed by atoms with van der Waals surface area (Å²) in [7, 11) is 0. The summed E-state index contributed by atoms with van der Waals surface area (Å²) in [4.78, 5) is 22.5. The van der Waals surface area contributed by atoms with Crippen LogP contribution in [-0.4, -0.2) is 11.9 Å². The minimum absolute atomic E-state index is 0.345. The van der Waals surface area contributed by atoms with Gasteiger partial charge in [0.05, 0.1) is 11.1 Å². The molecule has 3 nitrogen and oxygen atoms in total. The molecule has 0 aliphatic carbocycles. The van der Waals surface area contributed by atoms with Crippen molar-refractivity contribution in [3.05, 3.63) is 32.8 Å². The third-order valence-electron chi connectivity index (χ3n) is 2.38. The third-order valence-corrected chi connectivity index (χ3v) is 3.37. The Morgan fingerprint density at radius 2 is 1.86 bits per heavy atom. The van der Waals surface area contributed by atoms with Gasteiger partial charge in [-0.25, -0.2) is 9.59 Å². The second-order valence-corrected chi connectivity index (χ2v) is 4.02. The Hall–Kier alpha value is -1.16. The van der Waals surface area contributed by atoms with E-state index in [1.54, 1.807) is 6.07 Å². The topological polar surface area (TPSA) is 43.4 Å². The summed E-state index contributed by atoms with van der Waals surface area (Å²) >= 11 is 3.30. The molecule has 0 bridgehead atoms. The molecular weight excluding hydrogens is 248 g/mol. The van der Waals surface area contributed by atoms with Gasteiger partial charge in [-0.2, -0.15) is 0 Å². The zero-order valence-corrected chi connectivity index (χ0v) is 9.27. The van der Waals surface area contributed by atoms with Gasteiger partial charge >= 0.3 is 11.9 Å². The molecule has 0 radical (unpaired) electrons. The maximum absolute atomic E-state index is 11.3. The van der Waals surface area contributed by atoms with Crippen molar-refractivity contribution in [3.63, 3.8) is 0 Å². The van der Waals surface area contributed by atoms with E-state index in [1.165, 1.54) is 0 Å². The van der Waals surface area contributed by atoms with E-state index < -0.39 is 11.9 Å². The van der Waals surface area contributed by atoms with Crippen LogP contribution in [0, 0.1) is 13.8 Å². The molecule has 0 saturated heterocycles. The SMILES string of the molecule is Cc1cc2c(c(Br)c1C)C(=O)OC2=O. The Morgan fingerprint density at radius 3 is 2.50 bits per heavy atom. The summed E-state index contributed by atoms with van der Waals surface area (Å²) < 4.78 is 5.17. The Balaban J connectivity index is 2.82. The summed E-state index contributed by atoms with van der Waals surface area (Å²) in [5.41, 5.74) is 2.61. The van der Waals surface area contributed by atoms with Gasteiger partial charge in [-0.05, 0) is 47.0 Å². The van der Waals surface area contributed by atoms with Crippen molar-refractivity contribution >= 4 is 27.9 Å². The lowest BCUT2D eigenvalue weighted by molar-refractivity contribution is 0.0443. The Morgan fingerprint density at radius 1 is 1.21 bits per heavy atom. The molecular formula is C10H7BrO3. The van der Waals surface area contributed by atoms with Crippen molar-refractivity contribution in [1.29, 1.82) is 0 Å². The second kappa shape index (κ2) is 2.92. The van der Waals surface area contributed by atoms with E-state index in [1.807, 2.05) is 13.8 Å². The summed E-state index contributed by atoms with van der Waals surface area (Å²) in [5.74, 6) is -1.13. The van der Waals surface area contributed by atoms with Gasteiger partial charge in [0.15, 0.2) is 0 Å². The first kappa shape index (κ1) is 9.40. The van der Waals surface area contributed by atoms with Crippen molar-refractivity contribution in [1.82, 2.24) is 0 Å². The number of carbonyl (C=O) groups excluding carboxylic acids is 2. The molecule has 4 heteroatoms. The van der Waals surface area contributed by atoms with E-state index in [9.17, 15) is 9.59 Å². The average molecular weight is 255 g/mol. The van der Waals surface area contributed by atoms with E-state index in [0.29, 0.717) is 15.6 Å². The molecule has 0 aromatic heterocycles. The van der Waals surface area contributed by atoms with E-state index in [-0.39, 0.29) is 0 Å². The van der Waals surface area contributed by atoms with Gasteiger partial charge in [-0.3, -0.25) is 0 Å². The minimum atomic E-state index is -0.569. The molecule has 1 aromatic carbocycles. The number of cyclic esters (lactones) is 2. The Labute approximate surface area is 89.2 Å². The van der Waals surface area contributed by atoms with Crippen molar-refractivity contribution in [2.24, 2.45) is 0 Å². The van der Waals surface area contributed by atoms with Crippen LogP contribution in [0.2, 0.25) is 0 Å². The van der Waals surface area contributed by atoms with Crippen LogP contribution in [0.1, 0.15) is 31.8 Å². The maximum atomic E-state index is 11.3. The quantitative estimate of drug-likeness (QED) is 0.528. The number of ether oxygens (including phenoxy) is 1. The number of fused-ring (bicyclic) bond motifs is 1. The van der Waals surface area contributed by atoms with E-state index >= 15 is 0 Å². The van der Waals surface area contributed by atoms with Gasteiger partial charge in [-0.1, -0.05) is 0 Å². The normalized spacial score (nSPS) is 14.2. The van der Waals surface area contributed by atoms with Gasteiger partial charge in [0.1, 0.15) is 0 Å². The van der Waals surface area contributed by atoms with Gasteiger partial charge < -0.3 is 4.74 Å². The lowest BCUT2D eigenvalue weighted by Gasteiger charge is -2.05. The van der Waals surface area contributed by atoms with E-state index in [0.717, 1.165) is 11.1 Å². The number of hydrogen-bond donors (Lipinski definition) is 0. The smallest absolute Gasteiger partial charge is 0.348 e. The standard InChI is InChI=1S/C10H7BrO3/c1-4-3-6-7(8(11)5(4)2)10(13)14-9(6)12/h3H,1-2H3. The number of rotatable bonds is 0. The maximum Gasteiger partial charge on any atom is 0.348 e. The fourth-order valence-electron chi connectivity index (χ4n) is 1.43. The number of aryl methyl sites for hydroxylation is 1. The molecule has 14 heavy (non-hydrogen) atoms. The fraction of sp³-hybridized carbons (Fsp3) is 0.200. The van der Waals surface area contributed by atoms with Gasteiger partial charge in [0.25, 0.3) is 0 Å². The molecule has 0 saturated carbocycles. The van der Waals surface area contributed by atoms with Crippen LogP contribution in [0.25, 0.3) is 0 Å². The summed E-state index contributed by atoms with van der Waals surface area (Å²) in [6.45, 7) is 3.77. The van der Waals surface area contributed by atoms with Crippen LogP contribution in [0.3, 0.4) is 0 Å². The molecule has 0 fully saturated rings. The first-order chi connectivity index (χ1) is 6.52. The minimum Gasteiger partial charge on any atom is -0.386 e. The van der Waals surface area contributed by atoms with E-state index in [4.69, 9.17) is 0 Å². The lowest BCUT2D eigenvalue weighted by atomic mass is 10.0. The van der Waals surface area contributed by atoms with Gasteiger partial charge in [0, 0.05) is 4.47 Å². The molecule has 0 N–H and O–H groups in total. The van der Waals surface area contributed by atoms with Crippen LogP contribution in [0.15, 0.2) is 10.5 Å². The summed E-state index contributed by atoms with van der Waals surface area (Å²) in [6, 6.07) is 1.68. The van der Waals surface area contributed by atoms with Crippen LogP contribution in [0.4, 0.5) is 0 Å². The highest BCUT2D eigenvalue weighted by Gasteiger charge is 2.32. The monoisotopic (exact) mass is 254 g/mol. The van der Waals surface area contributed by atoms with Crippen LogP contribution >= 0.6 is 15.9 Å². The molecule has 72 valence electrons. The molecule has 0 atom stereocenters. The van der Waals surface area contributed by atoms with Gasteiger partial charge in [-0.15, -0.1) is 0 Å². The highest BCUT2D eigenvalue weighted by Crippen LogP contribution is 2.32. The van der Waals surface area contributed by atoms with Crippen molar-refractivity contribution < 1.29 is 14.3 Å². The predicted octanol–water partition coefficient (Wildman–Crippen LogP) is 2.38. The first-order valence-electron chi connectivity index (χ1n) is 4.08. The molecule has 1 aliphatic heterocycles. The van der Waals surface area contributed by atoms with Crippen molar-refractivity contribution in [3.8, 4) is 0 Å². The molecule has 2 rings (SSSR count). The summed E-state index contributed by atoms with van der Waals surface area (Å²) in [6.07, 6.45) is 0. The molecule has 1 heterocycles. The predicted molar refractivity (Wildman–Crippen MR) is 53.4 cm³/mol. The molecule has 0 spiro atoms. The average Bonchev–Trinajstić information content (AvgIpc) is 2.38. The first-order valence-corrected chi connectivity index (χ1v) is 4.88. The molecule has 0 unspecified atom stereocenters. The number of benzene rings is 1. The van der Waals surface area contributed by atoms with E-state index in [2.05, 4.69) is 20.7 Å². The zero-order valence-electron chi connectivity index (χ0n) is 7.68. The lowest BCUT2D eigenvalue weighted by Crippen LogP contribution is -1.98. The Bertz CT molecular complexity index is 463. The fourth-order valence-corrected chi connectivity index (χ4v) is 2.11. The number of halogens is 1. The zero-order chi connectivity index (χ0) is 10.5.